The summed E-state index contributed by atoms with van der Waals surface area (Å²) in [6.07, 6.45) is -3.88. The molecule has 2 N–H and O–H groups in total. The smallest absolute Gasteiger partial charge is 0.433 e. The zero-order chi connectivity index (χ0) is 13.8. The first-order valence-corrected chi connectivity index (χ1v) is 4.48. The van der Waals surface area contributed by atoms with Crippen molar-refractivity contribution in [1.29, 1.82) is 0 Å². The lowest BCUT2D eigenvalue weighted by molar-refractivity contribution is -0.144. The van der Waals surface area contributed by atoms with E-state index in [2.05, 4.69) is 9.82 Å². The summed E-state index contributed by atoms with van der Waals surface area (Å²) in [6.45, 7) is -0.764. The number of carbonyl (C=O) groups is 2. The average Bonchev–Trinajstić information content (AvgIpc) is 2.27. The number of nitrogens with zero attached hydrogens (tertiary/aromatic N) is 1. The first-order valence-electron chi connectivity index (χ1n) is 4.48. The van der Waals surface area contributed by atoms with E-state index in [-0.39, 0.29) is 5.56 Å². The highest BCUT2D eigenvalue weighted by Crippen LogP contribution is 2.27. The van der Waals surface area contributed by atoms with Crippen molar-refractivity contribution in [3.05, 3.63) is 29.6 Å². The molecule has 0 saturated carbocycles. The van der Waals surface area contributed by atoms with Gasteiger partial charge in [0.2, 0.25) is 0 Å². The Labute approximate surface area is 98.3 Å². The van der Waals surface area contributed by atoms with Gasteiger partial charge in [0, 0.05) is 6.20 Å². The molecule has 0 radical (unpaired) electrons. The number of hydroxylamine groups is 1. The van der Waals surface area contributed by atoms with Gasteiger partial charge in [0.15, 0.2) is 6.61 Å². The van der Waals surface area contributed by atoms with Crippen LogP contribution in [-0.2, 0) is 15.8 Å². The van der Waals surface area contributed by atoms with Crippen molar-refractivity contribution in [1.82, 2.24) is 10.5 Å². The monoisotopic (exact) mass is 264 g/mol. The lowest BCUT2D eigenvalue weighted by Crippen LogP contribution is -2.26. The minimum Gasteiger partial charge on any atom is -0.479 e. The fourth-order valence-electron chi connectivity index (χ4n) is 0.918. The summed E-state index contributed by atoms with van der Waals surface area (Å²) in [5.41, 5.74) is 0.427. The fourth-order valence-corrected chi connectivity index (χ4v) is 0.918. The molecule has 18 heavy (non-hydrogen) atoms. The number of rotatable bonds is 4. The second kappa shape index (κ2) is 5.45. The number of pyridine rings is 1. The van der Waals surface area contributed by atoms with Gasteiger partial charge >= 0.3 is 12.1 Å². The van der Waals surface area contributed by atoms with Crippen molar-refractivity contribution in [2.45, 2.75) is 6.18 Å². The van der Waals surface area contributed by atoms with Crippen molar-refractivity contribution in [2.75, 3.05) is 6.61 Å². The average molecular weight is 264 g/mol. The minimum absolute atomic E-state index is 0.187. The highest BCUT2D eigenvalue weighted by Gasteiger charge is 2.32. The van der Waals surface area contributed by atoms with E-state index >= 15 is 0 Å². The summed E-state index contributed by atoms with van der Waals surface area (Å²) < 4.78 is 36.5. The van der Waals surface area contributed by atoms with E-state index in [0.29, 0.717) is 12.3 Å². The zero-order valence-electron chi connectivity index (χ0n) is 8.69. The van der Waals surface area contributed by atoms with Gasteiger partial charge in [-0.2, -0.15) is 13.2 Å². The van der Waals surface area contributed by atoms with Gasteiger partial charge < -0.3 is 5.11 Å². The number of nitrogens with one attached hydrogen (secondary N) is 1. The second-order valence-corrected chi connectivity index (χ2v) is 3.04. The molecule has 0 aromatic carbocycles. The molecule has 0 bridgehead atoms. The lowest BCUT2D eigenvalue weighted by Gasteiger charge is -2.06. The largest absolute Gasteiger partial charge is 0.479 e. The molecular formula is C9H7F3N2O4. The number of carboxylic acid groups (broad SMARTS) is 1. The summed E-state index contributed by atoms with van der Waals surface area (Å²) >= 11 is 0. The standard InChI is InChI=1S/C9H7F3N2O4/c10-9(11,12)6-2-1-5(3-13-6)8(17)14-18-4-7(15)16/h1-3H,4H2,(H,14,17)(H,15,16). The minimum atomic E-state index is -4.59. The normalized spacial score (nSPS) is 11.1. The van der Waals surface area contributed by atoms with Gasteiger partial charge in [0.1, 0.15) is 5.69 Å². The third kappa shape index (κ3) is 4.01. The molecule has 0 saturated heterocycles. The summed E-state index contributed by atoms with van der Waals surface area (Å²) in [6, 6.07) is 1.53. The van der Waals surface area contributed by atoms with Crippen LogP contribution in [-0.4, -0.2) is 28.6 Å². The number of halogens is 3. The van der Waals surface area contributed by atoms with E-state index in [4.69, 9.17) is 5.11 Å². The van der Waals surface area contributed by atoms with Gasteiger partial charge in [-0.25, -0.2) is 10.3 Å². The Hall–Kier alpha value is -2.16. The number of aliphatic carboxylic acids is 1. The molecule has 1 aromatic heterocycles. The number of alkyl halides is 3. The van der Waals surface area contributed by atoms with Crippen LogP contribution in [0.5, 0.6) is 0 Å². The maximum atomic E-state index is 12.2. The molecule has 1 amide bonds. The van der Waals surface area contributed by atoms with Crippen molar-refractivity contribution in [3.63, 3.8) is 0 Å². The van der Waals surface area contributed by atoms with Crippen LogP contribution in [0.4, 0.5) is 13.2 Å². The Bertz CT molecular complexity index is 444. The van der Waals surface area contributed by atoms with Crippen molar-refractivity contribution < 1.29 is 32.7 Å². The number of amides is 1. The van der Waals surface area contributed by atoms with Crippen LogP contribution < -0.4 is 5.48 Å². The third-order valence-corrected chi connectivity index (χ3v) is 1.68. The molecule has 0 unspecified atom stereocenters. The molecule has 1 aromatic rings. The molecule has 0 fully saturated rings. The Morgan fingerprint density at radius 1 is 1.39 bits per heavy atom. The molecule has 0 aliphatic carbocycles. The number of hydrogen-bond donors (Lipinski definition) is 2. The van der Waals surface area contributed by atoms with Gasteiger partial charge in [0.25, 0.3) is 5.91 Å². The fraction of sp³-hybridized carbons (Fsp3) is 0.222. The first-order chi connectivity index (χ1) is 8.30. The van der Waals surface area contributed by atoms with E-state index in [9.17, 15) is 22.8 Å². The molecule has 98 valence electrons. The van der Waals surface area contributed by atoms with Crippen LogP contribution in [0.2, 0.25) is 0 Å². The maximum Gasteiger partial charge on any atom is 0.433 e. The zero-order valence-corrected chi connectivity index (χ0v) is 8.69. The Kier molecular flexibility index (Phi) is 4.21. The molecule has 1 rings (SSSR count). The summed E-state index contributed by atoms with van der Waals surface area (Å²) in [5, 5.41) is 8.21. The molecule has 0 aliphatic rings. The Morgan fingerprint density at radius 2 is 2.06 bits per heavy atom. The van der Waals surface area contributed by atoms with Crippen molar-refractivity contribution in [3.8, 4) is 0 Å². The highest BCUT2D eigenvalue weighted by atomic mass is 19.4. The van der Waals surface area contributed by atoms with Crippen LogP contribution in [0, 0.1) is 0 Å². The van der Waals surface area contributed by atoms with E-state index in [1.807, 2.05) is 0 Å². The van der Waals surface area contributed by atoms with E-state index in [1.165, 1.54) is 0 Å². The van der Waals surface area contributed by atoms with Gasteiger partial charge in [-0.1, -0.05) is 0 Å². The van der Waals surface area contributed by atoms with Gasteiger partial charge in [-0.3, -0.25) is 14.6 Å². The molecular weight excluding hydrogens is 257 g/mol. The Morgan fingerprint density at radius 3 is 2.50 bits per heavy atom. The molecule has 0 atom stereocenters. The van der Waals surface area contributed by atoms with Crippen LogP contribution >= 0.6 is 0 Å². The lowest BCUT2D eigenvalue weighted by atomic mass is 10.2. The van der Waals surface area contributed by atoms with E-state index < -0.39 is 30.4 Å². The summed E-state index contributed by atoms with van der Waals surface area (Å²) in [5.74, 6) is -2.20. The van der Waals surface area contributed by atoms with Crippen molar-refractivity contribution in [2.24, 2.45) is 0 Å². The number of hydrogen-bond acceptors (Lipinski definition) is 4. The third-order valence-electron chi connectivity index (χ3n) is 1.68. The summed E-state index contributed by atoms with van der Waals surface area (Å²) in [7, 11) is 0. The summed E-state index contributed by atoms with van der Waals surface area (Å²) in [4.78, 5) is 28.6. The number of carboxylic acids is 1. The topological polar surface area (TPSA) is 88.5 Å². The quantitative estimate of drug-likeness (QED) is 0.787. The molecule has 1 heterocycles. The van der Waals surface area contributed by atoms with Crippen LogP contribution in [0.1, 0.15) is 16.1 Å². The van der Waals surface area contributed by atoms with E-state index in [0.717, 1.165) is 6.07 Å². The second-order valence-electron chi connectivity index (χ2n) is 3.04. The first kappa shape index (κ1) is 13.9. The van der Waals surface area contributed by atoms with Crippen LogP contribution in [0.25, 0.3) is 0 Å². The number of aromatic nitrogens is 1. The highest BCUT2D eigenvalue weighted by molar-refractivity contribution is 5.93. The van der Waals surface area contributed by atoms with Gasteiger partial charge in [-0.15, -0.1) is 0 Å². The SMILES string of the molecule is O=C(O)CONC(=O)c1ccc(C(F)(F)F)nc1. The predicted molar refractivity (Wildman–Crippen MR) is 50.3 cm³/mol. The van der Waals surface area contributed by atoms with Crippen LogP contribution in [0.15, 0.2) is 18.3 Å². The molecule has 6 nitrogen and oxygen atoms in total. The predicted octanol–water partition coefficient (Wildman–Crippen LogP) is 0.846. The maximum absolute atomic E-state index is 12.2. The van der Waals surface area contributed by atoms with Gasteiger partial charge in [0.05, 0.1) is 5.56 Å². The van der Waals surface area contributed by atoms with Crippen LogP contribution in [0.3, 0.4) is 0 Å². The number of carbonyl (C=O) groups excluding carboxylic acids is 1. The molecule has 0 aliphatic heterocycles. The molecule has 9 heteroatoms. The van der Waals surface area contributed by atoms with Gasteiger partial charge in [-0.05, 0) is 12.1 Å². The Balaban J connectivity index is 2.62. The van der Waals surface area contributed by atoms with Crippen molar-refractivity contribution >= 4 is 11.9 Å². The molecule has 0 spiro atoms. The van der Waals surface area contributed by atoms with E-state index in [1.54, 1.807) is 5.48 Å².